The van der Waals surface area contributed by atoms with E-state index in [2.05, 4.69) is 0 Å². The van der Waals surface area contributed by atoms with Crippen LogP contribution in [0.25, 0.3) is 0 Å². The summed E-state index contributed by atoms with van der Waals surface area (Å²) in [6, 6.07) is 6.16. The van der Waals surface area contributed by atoms with Crippen molar-refractivity contribution in [3.8, 4) is 6.07 Å². The van der Waals surface area contributed by atoms with Gasteiger partial charge < -0.3 is 5.11 Å². The Hall–Kier alpha value is -2.44. The first-order valence-electron chi connectivity index (χ1n) is 9.24. The third-order valence-corrected chi connectivity index (χ3v) is 7.04. The molecule has 0 unspecified atom stereocenters. The smallest absolute Gasteiger partial charge is 0.175 e. The summed E-state index contributed by atoms with van der Waals surface area (Å²) in [5.41, 5.74) is 0.0587. The van der Waals surface area contributed by atoms with E-state index >= 15 is 0 Å². The second kappa shape index (κ2) is 7.06. The maximum absolute atomic E-state index is 14.5. The number of benzene rings is 2. The number of nitriles is 1. The van der Waals surface area contributed by atoms with Gasteiger partial charge in [0, 0.05) is 24.2 Å². The number of fused-ring (bicyclic) bond motifs is 2. The lowest BCUT2D eigenvalue weighted by molar-refractivity contribution is 0.0907. The van der Waals surface area contributed by atoms with Gasteiger partial charge in [0.25, 0.3) is 0 Å². The lowest BCUT2D eigenvalue weighted by Crippen LogP contribution is -2.25. The van der Waals surface area contributed by atoms with Crippen LogP contribution >= 0.6 is 0 Å². The fourth-order valence-corrected chi connectivity index (χ4v) is 5.60. The molecule has 0 aliphatic heterocycles. The van der Waals surface area contributed by atoms with Gasteiger partial charge in [0.2, 0.25) is 0 Å². The van der Waals surface area contributed by atoms with E-state index in [1.54, 1.807) is 6.07 Å². The van der Waals surface area contributed by atoms with E-state index in [0.717, 1.165) is 18.4 Å². The predicted octanol–water partition coefficient (Wildman–Crippen LogP) is 3.91. The van der Waals surface area contributed by atoms with Gasteiger partial charge >= 0.3 is 0 Å². The van der Waals surface area contributed by atoms with Gasteiger partial charge in [0.1, 0.15) is 24.3 Å². The van der Waals surface area contributed by atoms with Crippen LogP contribution in [0.2, 0.25) is 0 Å². The Kier molecular flexibility index (Phi) is 4.90. The number of sulfone groups is 1. The Bertz CT molecular complexity index is 1190. The molecule has 0 radical (unpaired) electrons. The highest BCUT2D eigenvalue weighted by atomic mass is 32.2. The van der Waals surface area contributed by atoms with Gasteiger partial charge in [-0.2, -0.15) is 5.26 Å². The van der Waals surface area contributed by atoms with E-state index in [1.165, 1.54) is 12.1 Å². The number of hydrogen-bond donors (Lipinski definition) is 1. The van der Waals surface area contributed by atoms with Gasteiger partial charge in [-0.15, -0.1) is 0 Å². The van der Waals surface area contributed by atoms with Crippen molar-refractivity contribution in [2.24, 2.45) is 0 Å². The van der Waals surface area contributed by atoms with Gasteiger partial charge in [-0.3, -0.25) is 0 Å². The molecule has 30 heavy (non-hydrogen) atoms. The van der Waals surface area contributed by atoms with E-state index < -0.39 is 46.2 Å². The van der Waals surface area contributed by atoms with Crippen molar-refractivity contribution in [1.82, 2.24) is 0 Å². The van der Waals surface area contributed by atoms with Gasteiger partial charge in [-0.25, -0.2) is 26.0 Å². The van der Waals surface area contributed by atoms with Crippen molar-refractivity contribution in [2.75, 3.05) is 6.26 Å². The summed E-state index contributed by atoms with van der Waals surface area (Å²) in [5, 5.41) is 19.7. The molecule has 2 aromatic carbocycles. The summed E-state index contributed by atoms with van der Waals surface area (Å²) in [6.45, 7) is 0. The normalized spacial score (nSPS) is 28.0. The molecule has 2 aromatic rings. The minimum atomic E-state index is -3.79. The molecule has 0 spiro atoms. The molecule has 0 heterocycles. The fraction of sp³-hybridized carbons (Fsp3) is 0.381. The predicted molar refractivity (Wildman–Crippen MR) is 99.4 cm³/mol. The number of nitrogens with zero attached hydrogens (tertiary/aromatic N) is 1. The topological polar surface area (TPSA) is 78.2 Å². The Labute approximate surface area is 170 Å². The SMILES string of the molecule is CS(=O)(=O)c1ccc([C@@H]2C[C@@H](F)[C@@H](F)c3cc(F)cc(C#N)c32)c2c1[C@@H](O)[C@@H](F)C2. The second-order valence-electron chi connectivity index (χ2n) is 7.76. The Morgan fingerprint density at radius 1 is 1.10 bits per heavy atom. The summed E-state index contributed by atoms with van der Waals surface area (Å²) in [4.78, 5) is -0.232. The van der Waals surface area contributed by atoms with Crippen LogP contribution in [0.4, 0.5) is 17.6 Å². The third kappa shape index (κ3) is 3.10. The lowest BCUT2D eigenvalue weighted by atomic mass is 9.74. The Balaban J connectivity index is 2.00. The third-order valence-electron chi connectivity index (χ3n) is 5.89. The molecule has 0 saturated carbocycles. The summed E-state index contributed by atoms with van der Waals surface area (Å²) < 4.78 is 81.6. The van der Waals surface area contributed by atoms with Crippen molar-refractivity contribution in [1.29, 1.82) is 5.26 Å². The monoisotopic (exact) mass is 439 g/mol. The molecule has 1 N–H and O–H groups in total. The maximum Gasteiger partial charge on any atom is 0.175 e. The van der Waals surface area contributed by atoms with Crippen molar-refractivity contribution in [3.05, 3.63) is 63.5 Å². The number of alkyl halides is 3. The zero-order valence-electron chi connectivity index (χ0n) is 15.7. The van der Waals surface area contributed by atoms with Crippen LogP contribution < -0.4 is 0 Å². The summed E-state index contributed by atoms with van der Waals surface area (Å²) in [6.07, 6.45) is -7.31. The zero-order chi connectivity index (χ0) is 22.0. The molecular formula is C21H17F4NO3S. The number of hydrogen-bond acceptors (Lipinski definition) is 4. The van der Waals surface area contributed by atoms with Crippen molar-refractivity contribution in [2.45, 2.75) is 48.3 Å². The molecule has 0 amide bonds. The summed E-state index contributed by atoms with van der Waals surface area (Å²) in [7, 11) is -3.79. The second-order valence-corrected chi connectivity index (χ2v) is 9.74. The molecule has 4 nitrogen and oxygen atoms in total. The van der Waals surface area contributed by atoms with Crippen molar-refractivity contribution >= 4 is 9.84 Å². The number of aliphatic hydroxyl groups is 1. The van der Waals surface area contributed by atoms with Gasteiger partial charge in [-0.05, 0) is 46.9 Å². The van der Waals surface area contributed by atoms with E-state index in [-0.39, 0.29) is 45.6 Å². The van der Waals surface area contributed by atoms with E-state index in [9.17, 15) is 36.3 Å². The highest BCUT2D eigenvalue weighted by Crippen LogP contribution is 2.50. The molecule has 158 valence electrons. The minimum absolute atomic E-state index is 0.0950. The highest BCUT2D eigenvalue weighted by Gasteiger charge is 2.43. The van der Waals surface area contributed by atoms with Crippen LogP contribution in [0.3, 0.4) is 0 Å². The summed E-state index contributed by atoms with van der Waals surface area (Å²) >= 11 is 0. The van der Waals surface area contributed by atoms with Crippen molar-refractivity contribution in [3.63, 3.8) is 0 Å². The molecule has 2 aliphatic carbocycles. The lowest BCUT2D eigenvalue weighted by Gasteiger charge is -2.33. The fourth-order valence-electron chi connectivity index (χ4n) is 4.64. The average molecular weight is 439 g/mol. The Morgan fingerprint density at radius 2 is 1.80 bits per heavy atom. The van der Waals surface area contributed by atoms with Crippen LogP contribution in [-0.4, -0.2) is 32.1 Å². The van der Waals surface area contributed by atoms with Gasteiger partial charge in [-0.1, -0.05) is 6.07 Å². The largest absolute Gasteiger partial charge is 0.385 e. The van der Waals surface area contributed by atoms with Crippen LogP contribution in [0, 0.1) is 17.1 Å². The number of aliphatic hydroxyl groups excluding tert-OH is 1. The van der Waals surface area contributed by atoms with E-state index in [4.69, 9.17) is 0 Å². The highest BCUT2D eigenvalue weighted by molar-refractivity contribution is 7.90. The molecule has 0 aromatic heterocycles. The van der Waals surface area contributed by atoms with Crippen LogP contribution in [-0.2, 0) is 16.3 Å². The number of halogens is 4. The molecule has 5 atom stereocenters. The molecular weight excluding hydrogens is 422 g/mol. The van der Waals surface area contributed by atoms with Gasteiger partial charge in [0.15, 0.2) is 16.0 Å². The first-order chi connectivity index (χ1) is 14.0. The zero-order valence-corrected chi connectivity index (χ0v) is 16.6. The quantitative estimate of drug-likeness (QED) is 0.720. The van der Waals surface area contributed by atoms with Crippen molar-refractivity contribution < 1.29 is 31.1 Å². The van der Waals surface area contributed by atoms with Crippen LogP contribution in [0.5, 0.6) is 0 Å². The van der Waals surface area contributed by atoms with Gasteiger partial charge in [0.05, 0.1) is 16.5 Å². The minimum Gasteiger partial charge on any atom is -0.385 e. The molecule has 9 heteroatoms. The number of rotatable bonds is 2. The standard InChI is InChI=1S/C21H17F4NO3S/c1-30(28,29)17-3-2-11(13-7-16(24)21(27)19(13)17)12-6-15(23)20(25)14-5-10(22)4-9(8-26)18(12)14/h2-5,12,15-16,20-21,27H,6-7H2,1H3/t12-,15+,16-,20-,21-/m0/s1. The Morgan fingerprint density at radius 3 is 2.43 bits per heavy atom. The molecule has 2 aliphatic rings. The molecule has 0 bridgehead atoms. The maximum atomic E-state index is 14.5. The van der Waals surface area contributed by atoms with E-state index in [0.29, 0.717) is 5.56 Å². The van der Waals surface area contributed by atoms with Crippen LogP contribution in [0.15, 0.2) is 29.2 Å². The first kappa shape index (κ1) is 20.8. The summed E-state index contributed by atoms with van der Waals surface area (Å²) in [5.74, 6) is -1.80. The average Bonchev–Trinajstić information content (AvgIpc) is 2.97. The first-order valence-corrected chi connectivity index (χ1v) is 11.1. The molecule has 4 rings (SSSR count). The van der Waals surface area contributed by atoms with Crippen LogP contribution in [0.1, 0.15) is 58.0 Å². The molecule has 0 saturated heterocycles. The van der Waals surface area contributed by atoms with E-state index in [1.807, 2.05) is 0 Å². The molecule has 0 fully saturated rings.